The Labute approximate surface area is 117 Å². The molecule has 1 heterocycles. The molecule has 0 aliphatic carbocycles. The van der Waals surface area contributed by atoms with Crippen LogP contribution in [0.5, 0.6) is 0 Å². The normalized spacial score (nSPS) is 24.4. The molecule has 1 fully saturated rings. The van der Waals surface area contributed by atoms with Crippen molar-refractivity contribution < 1.29 is 9.53 Å². The van der Waals surface area contributed by atoms with Crippen LogP contribution in [-0.4, -0.2) is 49.7 Å². The lowest BCUT2D eigenvalue weighted by atomic mass is 9.91. The van der Waals surface area contributed by atoms with E-state index in [0.717, 1.165) is 39.0 Å². The van der Waals surface area contributed by atoms with Gasteiger partial charge in [-0.3, -0.25) is 4.79 Å². The highest BCUT2D eigenvalue weighted by Crippen LogP contribution is 2.21. The zero-order valence-corrected chi connectivity index (χ0v) is 12.8. The average Bonchev–Trinajstić information content (AvgIpc) is 2.36. The number of ether oxygens (including phenoxy) is 1. The molecular weight excluding hydrogens is 240 g/mol. The maximum atomic E-state index is 11.6. The number of piperidine rings is 1. The van der Waals surface area contributed by atoms with Crippen LogP contribution in [0.2, 0.25) is 0 Å². The number of hydrogen-bond donors (Lipinski definition) is 1. The van der Waals surface area contributed by atoms with Crippen molar-refractivity contribution in [3.63, 3.8) is 0 Å². The maximum Gasteiger partial charge on any atom is 0.306 e. The van der Waals surface area contributed by atoms with Crippen LogP contribution in [0, 0.1) is 5.92 Å². The number of rotatable bonds is 8. The van der Waals surface area contributed by atoms with Gasteiger partial charge in [0.2, 0.25) is 0 Å². The summed E-state index contributed by atoms with van der Waals surface area (Å²) in [6.07, 6.45) is 4.00. The molecule has 0 aromatic carbocycles. The van der Waals surface area contributed by atoms with E-state index in [1.54, 1.807) is 0 Å². The van der Waals surface area contributed by atoms with Crippen LogP contribution in [0.1, 0.15) is 46.5 Å². The summed E-state index contributed by atoms with van der Waals surface area (Å²) in [7, 11) is 0. The summed E-state index contributed by atoms with van der Waals surface area (Å²) < 4.78 is 5.08. The highest BCUT2D eigenvalue weighted by molar-refractivity contribution is 5.69. The summed E-state index contributed by atoms with van der Waals surface area (Å²) in [5.74, 6) is 0.397. The van der Waals surface area contributed by atoms with Crippen molar-refractivity contribution in [2.75, 3.05) is 32.8 Å². The van der Waals surface area contributed by atoms with Crippen molar-refractivity contribution in [1.82, 2.24) is 10.2 Å². The molecule has 1 aliphatic rings. The fourth-order valence-corrected chi connectivity index (χ4v) is 2.90. The topological polar surface area (TPSA) is 41.6 Å². The maximum absolute atomic E-state index is 11.6. The Hall–Kier alpha value is -0.610. The van der Waals surface area contributed by atoms with Crippen molar-refractivity contribution >= 4 is 5.97 Å². The molecule has 1 aliphatic heterocycles. The third kappa shape index (κ3) is 6.39. The van der Waals surface area contributed by atoms with Gasteiger partial charge in [-0.2, -0.15) is 0 Å². The molecule has 1 N–H and O–H groups in total. The Balaban J connectivity index is 2.46. The molecule has 0 amide bonds. The Morgan fingerprint density at radius 1 is 1.26 bits per heavy atom. The smallest absolute Gasteiger partial charge is 0.306 e. The van der Waals surface area contributed by atoms with Gasteiger partial charge in [0, 0.05) is 25.6 Å². The fraction of sp³-hybridized carbons (Fsp3) is 0.933. The summed E-state index contributed by atoms with van der Waals surface area (Å²) in [5.41, 5.74) is 0. The van der Waals surface area contributed by atoms with Gasteiger partial charge in [-0.25, -0.2) is 0 Å². The number of nitrogens with zero attached hydrogens (tertiary/aromatic N) is 1. The third-order valence-corrected chi connectivity index (χ3v) is 3.60. The summed E-state index contributed by atoms with van der Waals surface area (Å²) in [5, 5.41) is 3.60. The van der Waals surface area contributed by atoms with Crippen molar-refractivity contribution in [2.45, 2.75) is 52.5 Å². The molecule has 2 unspecified atom stereocenters. The SMILES string of the molecule is CCCNC1CC(CC(=O)OCC)CN(CCC)C1. The number of likely N-dealkylation sites (tertiary alicyclic amines) is 1. The Bertz CT molecular complexity index is 259. The van der Waals surface area contributed by atoms with Crippen LogP contribution >= 0.6 is 0 Å². The summed E-state index contributed by atoms with van der Waals surface area (Å²) in [6, 6.07) is 0.527. The van der Waals surface area contributed by atoms with Crippen molar-refractivity contribution in [2.24, 2.45) is 5.92 Å². The van der Waals surface area contributed by atoms with Crippen molar-refractivity contribution in [3.05, 3.63) is 0 Å². The van der Waals surface area contributed by atoms with E-state index < -0.39 is 0 Å². The molecule has 4 heteroatoms. The molecule has 0 aromatic heterocycles. The number of carbonyl (C=O) groups excluding carboxylic acids is 1. The van der Waals surface area contributed by atoms with Gasteiger partial charge in [0.1, 0.15) is 0 Å². The number of nitrogens with one attached hydrogen (secondary N) is 1. The zero-order valence-electron chi connectivity index (χ0n) is 12.8. The quantitative estimate of drug-likeness (QED) is 0.685. The van der Waals surface area contributed by atoms with Gasteiger partial charge >= 0.3 is 5.97 Å². The molecule has 0 saturated carbocycles. The van der Waals surface area contributed by atoms with E-state index in [2.05, 4.69) is 24.1 Å². The first-order chi connectivity index (χ1) is 9.19. The summed E-state index contributed by atoms with van der Waals surface area (Å²) >= 11 is 0. The molecule has 0 spiro atoms. The first kappa shape index (κ1) is 16.4. The van der Waals surface area contributed by atoms with E-state index in [1.807, 2.05) is 6.92 Å². The predicted octanol–water partition coefficient (Wildman–Crippen LogP) is 2.04. The molecule has 1 rings (SSSR count). The first-order valence-electron chi connectivity index (χ1n) is 7.80. The van der Waals surface area contributed by atoms with E-state index >= 15 is 0 Å². The Kier molecular flexibility index (Phi) is 8.07. The summed E-state index contributed by atoms with van der Waals surface area (Å²) in [6.45, 7) is 11.1. The van der Waals surface area contributed by atoms with E-state index in [4.69, 9.17) is 4.74 Å². The minimum absolute atomic E-state index is 0.0416. The second-order valence-electron chi connectivity index (χ2n) is 5.52. The number of carbonyl (C=O) groups is 1. The van der Waals surface area contributed by atoms with Crippen LogP contribution in [0.3, 0.4) is 0 Å². The van der Waals surface area contributed by atoms with E-state index in [-0.39, 0.29) is 5.97 Å². The van der Waals surface area contributed by atoms with Crippen LogP contribution in [0.4, 0.5) is 0 Å². The van der Waals surface area contributed by atoms with Crippen LogP contribution < -0.4 is 5.32 Å². The van der Waals surface area contributed by atoms with E-state index in [9.17, 15) is 4.79 Å². The second-order valence-corrected chi connectivity index (χ2v) is 5.52. The van der Waals surface area contributed by atoms with Gasteiger partial charge in [-0.1, -0.05) is 13.8 Å². The summed E-state index contributed by atoms with van der Waals surface area (Å²) in [4.78, 5) is 14.1. The lowest BCUT2D eigenvalue weighted by Gasteiger charge is -2.38. The van der Waals surface area contributed by atoms with Crippen LogP contribution in [0.15, 0.2) is 0 Å². The van der Waals surface area contributed by atoms with Gasteiger partial charge in [0.05, 0.1) is 6.61 Å². The van der Waals surface area contributed by atoms with E-state index in [0.29, 0.717) is 25.0 Å². The Morgan fingerprint density at radius 2 is 2.05 bits per heavy atom. The molecule has 0 bridgehead atoms. The zero-order chi connectivity index (χ0) is 14.1. The minimum Gasteiger partial charge on any atom is -0.466 e. The molecule has 4 nitrogen and oxygen atoms in total. The molecule has 19 heavy (non-hydrogen) atoms. The molecule has 112 valence electrons. The van der Waals surface area contributed by atoms with Crippen molar-refractivity contribution in [1.29, 1.82) is 0 Å². The van der Waals surface area contributed by atoms with E-state index in [1.165, 1.54) is 6.42 Å². The molecule has 1 saturated heterocycles. The second kappa shape index (κ2) is 9.32. The molecule has 2 atom stereocenters. The van der Waals surface area contributed by atoms with Crippen LogP contribution in [-0.2, 0) is 9.53 Å². The number of hydrogen-bond acceptors (Lipinski definition) is 4. The van der Waals surface area contributed by atoms with Crippen molar-refractivity contribution in [3.8, 4) is 0 Å². The molecular formula is C15H30N2O2. The highest BCUT2D eigenvalue weighted by Gasteiger charge is 2.28. The van der Waals surface area contributed by atoms with Gasteiger partial charge in [-0.05, 0) is 45.2 Å². The number of esters is 1. The standard InChI is InChI=1S/C15H30N2O2/c1-4-7-16-14-9-13(10-15(18)19-6-3)11-17(12-14)8-5-2/h13-14,16H,4-12H2,1-3H3. The molecule has 0 aromatic rings. The van der Waals surface area contributed by atoms with Gasteiger partial charge in [0.25, 0.3) is 0 Å². The van der Waals surface area contributed by atoms with Gasteiger partial charge in [-0.15, -0.1) is 0 Å². The van der Waals surface area contributed by atoms with Gasteiger partial charge < -0.3 is 15.0 Å². The largest absolute Gasteiger partial charge is 0.466 e. The Morgan fingerprint density at radius 3 is 2.68 bits per heavy atom. The highest BCUT2D eigenvalue weighted by atomic mass is 16.5. The third-order valence-electron chi connectivity index (χ3n) is 3.60. The first-order valence-corrected chi connectivity index (χ1v) is 7.80. The van der Waals surface area contributed by atoms with Crippen LogP contribution in [0.25, 0.3) is 0 Å². The predicted molar refractivity (Wildman–Crippen MR) is 78.2 cm³/mol. The minimum atomic E-state index is -0.0416. The fourth-order valence-electron chi connectivity index (χ4n) is 2.90. The molecule has 0 radical (unpaired) electrons. The van der Waals surface area contributed by atoms with Gasteiger partial charge in [0.15, 0.2) is 0 Å². The average molecular weight is 270 g/mol. The lowest BCUT2D eigenvalue weighted by molar-refractivity contribution is -0.144. The monoisotopic (exact) mass is 270 g/mol. The lowest BCUT2D eigenvalue weighted by Crippen LogP contribution is -2.50.